The molecule has 0 radical (unpaired) electrons. The SMILES string of the molecule is C=C(C)C(=O)NCCCCCCCCCCCC.C=Cc1ccccc1. The summed E-state index contributed by atoms with van der Waals surface area (Å²) in [7, 11) is 0. The molecule has 0 saturated heterocycles. The quantitative estimate of drug-likeness (QED) is 0.301. The monoisotopic (exact) mass is 357 g/mol. The zero-order valence-electron chi connectivity index (χ0n) is 17.1. The first kappa shape index (κ1) is 24.2. The van der Waals surface area contributed by atoms with Crippen molar-refractivity contribution in [2.75, 3.05) is 6.54 Å². The first-order valence-electron chi connectivity index (χ1n) is 10.2. The fraction of sp³-hybridized carbons (Fsp3) is 0.542. The molecule has 0 aliphatic carbocycles. The number of benzene rings is 1. The van der Waals surface area contributed by atoms with Crippen LogP contribution in [-0.4, -0.2) is 12.5 Å². The number of nitrogens with one attached hydrogen (secondary N) is 1. The molecule has 0 atom stereocenters. The van der Waals surface area contributed by atoms with Crippen LogP contribution in [-0.2, 0) is 4.79 Å². The van der Waals surface area contributed by atoms with Crippen molar-refractivity contribution in [3.8, 4) is 0 Å². The minimum absolute atomic E-state index is 0.00840. The molecule has 0 fully saturated rings. The molecule has 0 aliphatic heterocycles. The van der Waals surface area contributed by atoms with Gasteiger partial charge in [0.05, 0.1) is 0 Å². The largest absolute Gasteiger partial charge is 0.352 e. The zero-order chi connectivity index (χ0) is 19.5. The Morgan fingerprint density at radius 2 is 1.42 bits per heavy atom. The van der Waals surface area contributed by atoms with Crippen molar-refractivity contribution in [1.82, 2.24) is 5.32 Å². The van der Waals surface area contributed by atoms with Crippen LogP contribution in [0.3, 0.4) is 0 Å². The molecule has 146 valence electrons. The fourth-order valence-corrected chi connectivity index (χ4v) is 2.55. The average molecular weight is 358 g/mol. The van der Waals surface area contributed by atoms with Crippen LogP contribution in [0.15, 0.2) is 49.1 Å². The normalized spacial score (nSPS) is 9.77. The molecule has 1 amide bonds. The Morgan fingerprint density at radius 3 is 1.85 bits per heavy atom. The predicted octanol–water partition coefficient (Wildman–Crippen LogP) is 6.93. The Morgan fingerprint density at radius 1 is 0.923 bits per heavy atom. The average Bonchev–Trinajstić information content (AvgIpc) is 2.67. The number of hydrogen-bond acceptors (Lipinski definition) is 1. The van der Waals surface area contributed by atoms with Gasteiger partial charge in [-0.15, -0.1) is 0 Å². The minimum atomic E-state index is -0.00840. The van der Waals surface area contributed by atoms with Gasteiger partial charge in [-0.3, -0.25) is 4.79 Å². The van der Waals surface area contributed by atoms with Crippen LogP contribution in [0.1, 0.15) is 83.6 Å². The van der Waals surface area contributed by atoms with Gasteiger partial charge in [0.2, 0.25) is 5.91 Å². The lowest BCUT2D eigenvalue weighted by Gasteiger charge is -2.04. The summed E-state index contributed by atoms with van der Waals surface area (Å²) in [5.41, 5.74) is 1.77. The molecule has 0 aliphatic rings. The second-order valence-electron chi connectivity index (χ2n) is 6.83. The van der Waals surface area contributed by atoms with Gasteiger partial charge in [-0.25, -0.2) is 0 Å². The van der Waals surface area contributed by atoms with Crippen molar-refractivity contribution < 1.29 is 4.79 Å². The Labute approximate surface area is 161 Å². The van der Waals surface area contributed by atoms with Gasteiger partial charge in [-0.1, -0.05) is 114 Å². The number of carbonyl (C=O) groups excluding carboxylic acids is 1. The van der Waals surface area contributed by atoms with E-state index in [9.17, 15) is 4.79 Å². The Hall–Kier alpha value is -1.83. The van der Waals surface area contributed by atoms with Crippen molar-refractivity contribution >= 4 is 12.0 Å². The third-order valence-electron chi connectivity index (χ3n) is 4.24. The van der Waals surface area contributed by atoms with E-state index in [1.165, 1.54) is 63.4 Å². The highest BCUT2D eigenvalue weighted by Gasteiger charge is 1.99. The number of rotatable bonds is 13. The third kappa shape index (κ3) is 15.7. The van der Waals surface area contributed by atoms with Crippen LogP contribution in [0.25, 0.3) is 6.08 Å². The highest BCUT2D eigenvalue weighted by Crippen LogP contribution is 2.10. The highest BCUT2D eigenvalue weighted by atomic mass is 16.1. The van der Waals surface area contributed by atoms with Gasteiger partial charge < -0.3 is 5.32 Å². The zero-order valence-corrected chi connectivity index (χ0v) is 17.1. The van der Waals surface area contributed by atoms with Crippen LogP contribution in [0.5, 0.6) is 0 Å². The molecular formula is C24H39NO. The van der Waals surface area contributed by atoms with E-state index in [1.54, 1.807) is 6.92 Å². The van der Waals surface area contributed by atoms with E-state index >= 15 is 0 Å². The van der Waals surface area contributed by atoms with E-state index in [4.69, 9.17) is 0 Å². The molecule has 1 N–H and O–H groups in total. The molecule has 0 heterocycles. The molecule has 1 rings (SSSR count). The molecular weight excluding hydrogens is 318 g/mol. The number of carbonyl (C=O) groups is 1. The van der Waals surface area contributed by atoms with E-state index in [0.717, 1.165) is 13.0 Å². The van der Waals surface area contributed by atoms with E-state index in [1.807, 2.05) is 36.4 Å². The predicted molar refractivity (Wildman–Crippen MR) is 116 cm³/mol. The van der Waals surface area contributed by atoms with Crippen molar-refractivity contribution in [3.63, 3.8) is 0 Å². The molecule has 26 heavy (non-hydrogen) atoms. The molecule has 0 bridgehead atoms. The molecule has 2 heteroatoms. The maximum Gasteiger partial charge on any atom is 0.246 e. The Kier molecular flexibility index (Phi) is 16.7. The maximum atomic E-state index is 11.2. The van der Waals surface area contributed by atoms with Crippen molar-refractivity contribution in [2.45, 2.75) is 78.1 Å². The number of unbranched alkanes of at least 4 members (excludes halogenated alkanes) is 9. The lowest BCUT2D eigenvalue weighted by Crippen LogP contribution is -2.24. The summed E-state index contributed by atoms with van der Waals surface area (Å²) in [6.45, 7) is 12.0. The van der Waals surface area contributed by atoms with Gasteiger partial charge in [0.15, 0.2) is 0 Å². The summed E-state index contributed by atoms with van der Waals surface area (Å²) in [6.07, 6.45) is 15.1. The van der Waals surface area contributed by atoms with Gasteiger partial charge >= 0.3 is 0 Å². The minimum Gasteiger partial charge on any atom is -0.352 e. The van der Waals surface area contributed by atoms with Gasteiger partial charge in [-0.2, -0.15) is 0 Å². The van der Waals surface area contributed by atoms with Crippen LogP contribution < -0.4 is 5.32 Å². The Bertz CT molecular complexity index is 478. The van der Waals surface area contributed by atoms with E-state index in [-0.39, 0.29) is 5.91 Å². The molecule has 1 aromatic rings. The topological polar surface area (TPSA) is 29.1 Å². The van der Waals surface area contributed by atoms with Gasteiger partial charge in [0.1, 0.15) is 0 Å². The van der Waals surface area contributed by atoms with Crippen molar-refractivity contribution in [3.05, 3.63) is 54.6 Å². The molecule has 0 saturated carbocycles. The molecule has 0 spiro atoms. The standard InChI is InChI=1S/C16H31NO.C8H8/c1-4-5-6-7-8-9-10-11-12-13-14-17-16(18)15(2)3;1-2-8-6-4-3-5-7-8/h2,4-14H2,1,3H3,(H,17,18);2-7H,1H2. The lowest BCUT2D eigenvalue weighted by atomic mass is 10.1. The third-order valence-corrected chi connectivity index (χ3v) is 4.24. The van der Waals surface area contributed by atoms with Crippen molar-refractivity contribution in [2.24, 2.45) is 0 Å². The molecule has 0 unspecified atom stereocenters. The summed E-state index contributed by atoms with van der Waals surface area (Å²) in [6, 6.07) is 10.0. The van der Waals surface area contributed by atoms with Crippen LogP contribution in [0, 0.1) is 0 Å². The van der Waals surface area contributed by atoms with Crippen LogP contribution in [0.4, 0.5) is 0 Å². The summed E-state index contributed by atoms with van der Waals surface area (Å²) < 4.78 is 0. The van der Waals surface area contributed by atoms with Gasteiger partial charge in [0, 0.05) is 12.1 Å². The summed E-state index contributed by atoms with van der Waals surface area (Å²) in [4.78, 5) is 11.2. The lowest BCUT2D eigenvalue weighted by molar-refractivity contribution is -0.117. The smallest absolute Gasteiger partial charge is 0.246 e. The second kappa shape index (κ2) is 18.0. The summed E-state index contributed by atoms with van der Waals surface area (Å²) >= 11 is 0. The van der Waals surface area contributed by atoms with E-state index in [0.29, 0.717) is 5.57 Å². The van der Waals surface area contributed by atoms with Gasteiger partial charge in [-0.05, 0) is 18.9 Å². The van der Waals surface area contributed by atoms with Crippen LogP contribution >= 0.6 is 0 Å². The number of hydrogen-bond donors (Lipinski definition) is 1. The number of amides is 1. The second-order valence-corrected chi connectivity index (χ2v) is 6.83. The summed E-state index contributed by atoms with van der Waals surface area (Å²) in [5, 5.41) is 2.87. The van der Waals surface area contributed by atoms with E-state index < -0.39 is 0 Å². The van der Waals surface area contributed by atoms with E-state index in [2.05, 4.69) is 25.4 Å². The van der Waals surface area contributed by atoms with Crippen molar-refractivity contribution in [1.29, 1.82) is 0 Å². The first-order valence-corrected chi connectivity index (χ1v) is 10.2. The first-order chi connectivity index (χ1) is 12.6. The Balaban J connectivity index is 0.000000642. The highest BCUT2D eigenvalue weighted by molar-refractivity contribution is 5.91. The molecule has 2 nitrogen and oxygen atoms in total. The molecule has 0 aromatic heterocycles. The van der Waals surface area contributed by atoms with Crippen LogP contribution in [0.2, 0.25) is 0 Å². The summed E-state index contributed by atoms with van der Waals surface area (Å²) in [5.74, 6) is -0.00840. The molecule has 1 aromatic carbocycles. The van der Waals surface area contributed by atoms with Gasteiger partial charge in [0.25, 0.3) is 0 Å². The fourth-order valence-electron chi connectivity index (χ4n) is 2.55. The maximum absolute atomic E-state index is 11.2.